The molecule has 1 atom stereocenters. The van der Waals surface area contributed by atoms with Crippen LogP contribution in [0.25, 0.3) is 0 Å². The lowest BCUT2D eigenvalue weighted by molar-refractivity contribution is 0.480. The van der Waals surface area contributed by atoms with Crippen molar-refractivity contribution in [2.24, 2.45) is 21.7 Å². The van der Waals surface area contributed by atoms with E-state index in [4.69, 9.17) is 34.7 Å². The molecule has 0 aliphatic heterocycles. The van der Waals surface area contributed by atoms with Crippen LogP contribution in [0.2, 0.25) is 8.67 Å². The molecule has 156 valence electrons. The van der Waals surface area contributed by atoms with Gasteiger partial charge in [-0.1, -0.05) is 30.1 Å². The predicted octanol–water partition coefficient (Wildman–Crippen LogP) is 2.50. The summed E-state index contributed by atoms with van der Waals surface area (Å²) in [4.78, 5) is 0. The fraction of sp³-hybridized carbons (Fsp3) is 0.375. The molecule has 1 aliphatic rings. The molecule has 0 spiro atoms. The maximum absolute atomic E-state index is 11.4. The molecule has 1 aliphatic carbocycles. The van der Waals surface area contributed by atoms with Crippen molar-refractivity contribution < 1.29 is 13.0 Å². The Morgan fingerprint density at radius 1 is 1.34 bits per heavy atom. The summed E-state index contributed by atoms with van der Waals surface area (Å²) in [5.41, 5.74) is 14.3. The monoisotopic (exact) mass is 476 g/mol. The van der Waals surface area contributed by atoms with Gasteiger partial charge >= 0.3 is 0 Å². The van der Waals surface area contributed by atoms with Gasteiger partial charge in [0, 0.05) is 5.56 Å². The van der Waals surface area contributed by atoms with E-state index in [1.807, 2.05) is 13.0 Å². The molecule has 0 amide bonds. The van der Waals surface area contributed by atoms with Crippen LogP contribution in [0.15, 0.2) is 16.3 Å². The molecular formula is C16H18Cl2N6O3S2. The van der Waals surface area contributed by atoms with Crippen LogP contribution in [-0.2, 0) is 28.7 Å². The van der Waals surface area contributed by atoms with Gasteiger partial charge in [-0.2, -0.15) is 23.7 Å². The van der Waals surface area contributed by atoms with E-state index < -0.39 is 15.9 Å². The van der Waals surface area contributed by atoms with Crippen molar-refractivity contribution in [2.75, 3.05) is 0 Å². The van der Waals surface area contributed by atoms with Gasteiger partial charge in [0.1, 0.15) is 5.75 Å². The second kappa shape index (κ2) is 8.52. The van der Waals surface area contributed by atoms with Crippen LogP contribution in [0, 0.1) is 0 Å². The highest BCUT2D eigenvalue weighted by Gasteiger charge is 2.32. The van der Waals surface area contributed by atoms with Gasteiger partial charge in [0.2, 0.25) is 5.96 Å². The predicted molar refractivity (Wildman–Crippen MR) is 114 cm³/mol. The van der Waals surface area contributed by atoms with Crippen molar-refractivity contribution in [2.45, 2.75) is 37.9 Å². The average molecular weight is 477 g/mol. The van der Waals surface area contributed by atoms with Gasteiger partial charge in [-0.3, -0.25) is 4.55 Å². The minimum absolute atomic E-state index is 0.0712. The van der Waals surface area contributed by atoms with Crippen LogP contribution in [-0.4, -0.2) is 34.8 Å². The highest BCUT2D eigenvalue weighted by atomic mass is 35.5. The highest BCUT2D eigenvalue weighted by Crippen LogP contribution is 2.42. The first kappa shape index (κ1) is 21.9. The van der Waals surface area contributed by atoms with E-state index in [0.717, 1.165) is 5.56 Å². The Hall–Kier alpha value is -1.79. The summed E-state index contributed by atoms with van der Waals surface area (Å²) in [6.07, 6.45) is 1.41. The number of fused-ring (bicyclic) bond motifs is 1. The normalized spacial score (nSPS) is 17.9. The van der Waals surface area contributed by atoms with Gasteiger partial charge in [0.05, 0.1) is 25.8 Å². The first-order chi connectivity index (χ1) is 13.6. The maximum atomic E-state index is 11.4. The molecule has 0 fully saturated rings. The van der Waals surface area contributed by atoms with Crippen LogP contribution in [0.3, 0.4) is 0 Å². The zero-order chi connectivity index (χ0) is 21.3. The summed E-state index contributed by atoms with van der Waals surface area (Å²) in [5.74, 6) is -0.921. The van der Waals surface area contributed by atoms with Gasteiger partial charge in [-0.25, -0.2) is 0 Å². The fourth-order valence-corrected chi connectivity index (χ4v) is 5.61. The second-order valence-electron chi connectivity index (χ2n) is 6.48. The van der Waals surface area contributed by atoms with Crippen LogP contribution in [0.5, 0.6) is 0 Å². The topological polar surface area (TPSA) is 157 Å². The van der Waals surface area contributed by atoms with E-state index in [2.05, 4.69) is 20.4 Å². The molecule has 2 aromatic heterocycles. The van der Waals surface area contributed by atoms with E-state index in [0.29, 0.717) is 50.5 Å². The summed E-state index contributed by atoms with van der Waals surface area (Å²) in [6.45, 7) is 1.85. The van der Waals surface area contributed by atoms with E-state index in [9.17, 15) is 13.0 Å². The zero-order valence-electron chi connectivity index (χ0n) is 15.3. The lowest BCUT2D eigenvalue weighted by Crippen LogP contribution is -2.26. The molecule has 1 unspecified atom stereocenters. The third kappa shape index (κ3) is 5.04. The number of guanidine groups is 1. The molecule has 13 heteroatoms. The van der Waals surface area contributed by atoms with Crippen molar-refractivity contribution >= 4 is 56.3 Å². The van der Waals surface area contributed by atoms with Gasteiger partial charge in [0.25, 0.3) is 10.1 Å². The van der Waals surface area contributed by atoms with Crippen molar-refractivity contribution in [1.29, 1.82) is 0 Å². The largest absolute Gasteiger partial charge is 0.369 e. The van der Waals surface area contributed by atoms with Crippen molar-refractivity contribution in [3.63, 3.8) is 0 Å². The van der Waals surface area contributed by atoms with E-state index in [-0.39, 0.29) is 17.6 Å². The molecule has 9 nitrogen and oxygen atoms in total. The second-order valence-corrected chi connectivity index (χ2v) is 10.2. The van der Waals surface area contributed by atoms with Crippen LogP contribution >= 0.6 is 34.5 Å². The van der Waals surface area contributed by atoms with Crippen molar-refractivity contribution in [3.05, 3.63) is 42.8 Å². The standard InChI is InChI=1S/C16H18Cl2N6O3S2/c1-2-8-12(6-29(25,26)27)23-21-10-3-7(9-5-13(17)28-15(9)18)4-11(14(8)10)22-24-16(19)20/h5,7H,2-4,6H2,1H3,(H4,19,20,24)(H,25,26,27). The summed E-state index contributed by atoms with van der Waals surface area (Å²) < 4.78 is 33.2. The number of aromatic nitrogens is 2. The van der Waals surface area contributed by atoms with Gasteiger partial charge in [-0.05, 0) is 42.4 Å². The van der Waals surface area contributed by atoms with Crippen LogP contribution < -0.4 is 11.5 Å². The van der Waals surface area contributed by atoms with Crippen molar-refractivity contribution in [3.8, 4) is 0 Å². The van der Waals surface area contributed by atoms with E-state index in [1.54, 1.807) is 0 Å². The van der Waals surface area contributed by atoms with Crippen LogP contribution in [0.1, 0.15) is 47.3 Å². The number of hydrogen-bond acceptors (Lipinski definition) is 7. The lowest BCUT2D eigenvalue weighted by atomic mass is 9.80. The molecule has 2 aromatic rings. The van der Waals surface area contributed by atoms with E-state index >= 15 is 0 Å². The number of halogens is 2. The molecule has 5 N–H and O–H groups in total. The Kier molecular flexibility index (Phi) is 6.44. The molecule has 0 saturated carbocycles. The molecule has 0 radical (unpaired) electrons. The van der Waals surface area contributed by atoms with Gasteiger partial charge < -0.3 is 11.5 Å². The highest BCUT2D eigenvalue weighted by molar-refractivity contribution is 7.85. The first-order valence-electron chi connectivity index (χ1n) is 8.52. The summed E-state index contributed by atoms with van der Waals surface area (Å²) >= 11 is 13.7. The number of thiophene rings is 1. The molecule has 29 heavy (non-hydrogen) atoms. The number of nitrogens with two attached hydrogens (primary N) is 2. The molecule has 0 bridgehead atoms. The third-order valence-electron chi connectivity index (χ3n) is 4.48. The Bertz CT molecular complexity index is 1110. The first-order valence-corrected chi connectivity index (χ1v) is 11.7. The summed E-state index contributed by atoms with van der Waals surface area (Å²) in [6, 6.07) is 1.81. The third-order valence-corrected chi connectivity index (χ3v) is 6.64. The Morgan fingerprint density at radius 2 is 2.07 bits per heavy atom. The quantitative estimate of drug-likeness (QED) is 0.258. The minimum Gasteiger partial charge on any atom is -0.369 e. The number of nitrogens with zero attached hydrogens (tertiary/aromatic N) is 4. The SMILES string of the molecule is CCc1c(CS(=O)(=O)O)nnc2c1C(=NN=C(N)N)CC(c1cc(Cl)sc1Cl)C2. The van der Waals surface area contributed by atoms with Crippen molar-refractivity contribution in [1.82, 2.24) is 10.2 Å². The Balaban J connectivity index is 2.16. The number of hydrogen-bond donors (Lipinski definition) is 3. The van der Waals surface area contributed by atoms with Gasteiger partial charge in [0.15, 0.2) is 0 Å². The van der Waals surface area contributed by atoms with E-state index in [1.165, 1.54) is 11.3 Å². The Morgan fingerprint density at radius 3 is 2.62 bits per heavy atom. The zero-order valence-corrected chi connectivity index (χ0v) is 18.4. The summed E-state index contributed by atoms with van der Waals surface area (Å²) in [7, 11) is -4.28. The molecule has 0 aromatic carbocycles. The molecule has 2 heterocycles. The summed E-state index contributed by atoms with van der Waals surface area (Å²) in [5, 5.41) is 16.2. The lowest BCUT2D eigenvalue weighted by Gasteiger charge is -2.26. The maximum Gasteiger partial charge on any atom is 0.270 e. The average Bonchev–Trinajstić information content (AvgIpc) is 2.96. The minimum atomic E-state index is -4.28. The molecule has 3 rings (SSSR count). The van der Waals surface area contributed by atoms with Gasteiger partial charge in [-0.15, -0.1) is 16.4 Å². The number of rotatable bonds is 5. The molecular weight excluding hydrogens is 459 g/mol. The molecule has 0 saturated heterocycles. The fourth-order valence-electron chi connectivity index (χ4n) is 3.40. The smallest absolute Gasteiger partial charge is 0.270 e. The Labute approximate surface area is 181 Å². The van der Waals surface area contributed by atoms with Crippen LogP contribution in [0.4, 0.5) is 0 Å².